The third-order valence-corrected chi connectivity index (χ3v) is 5.90. The molecule has 0 saturated carbocycles. The van der Waals surface area contributed by atoms with E-state index >= 15 is 0 Å². The number of nitrogens with zero attached hydrogens (tertiary/aromatic N) is 2. The third kappa shape index (κ3) is 2.07. The fourth-order valence-corrected chi connectivity index (χ4v) is 4.94. The predicted molar refractivity (Wildman–Crippen MR) is 105 cm³/mol. The van der Waals surface area contributed by atoms with Crippen molar-refractivity contribution in [3.05, 3.63) is 77.0 Å². The van der Waals surface area contributed by atoms with Gasteiger partial charge in [-0.1, -0.05) is 55.0 Å². The fraction of sp³-hybridized carbons (Fsp3) is 0.304. The Bertz CT molecular complexity index is 1010. The van der Waals surface area contributed by atoms with E-state index in [1.807, 2.05) is 0 Å². The lowest BCUT2D eigenvalue weighted by molar-refractivity contribution is 0.217. The number of aryl methyl sites for hydroxylation is 1. The Balaban J connectivity index is 1.88. The van der Waals surface area contributed by atoms with E-state index in [4.69, 9.17) is 0 Å². The maximum Gasteiger partial charge on any atom is 0.0535 e. The average molecular weight is 328 g/mol. The molecule has 0 spiro atoms. The Labute approximate surface area is 149 Å². The van der Waals surface area contributed by atoms with Crippen LogP contribution in [0, 0.1) is 6.92 Å². The van der Waals surface area contributed by atoms with Crippen molar-refractivity contribution in [3.8, 4) is 0 Å². The summed E-state index contributed by atoms with van der Waals surface area (Å²) in [6.07, 6.45) is 3.55. The molecular formula is C23H24N2. The highest BCUT2D eigenvalue weighted by Crippen LogP contribution is 2.47. The number of hydrogen-bond acceptors (Lipinski definition) is 1. The van der Waals surface area contributed by atoms with Crippen molar-refractivity contribution in [3.63, 3.8) is 0 Å². The van der Waals surface area contributed by atoms with Crippen molar-refractivity contribution >= 4 is 16.6 Å². The van der Waals surface area contributed by atoms with E-state index in [0.29, 0.717) is 0 Å². The van der Waals surface area contributed by atoms with Crippen LogP contribution in [0.3, 0.4) is 0 Å². The topological polar surface area (TPSA) is 8.17 Å². The maximum absolute atomic E-state index is 2.55. The first-order valence-corrected chi connectivity index (χ1v) is 9.16. The lowest BCUT2D eigenvalue weighted by Gasteiger charge is -2.42. The molecule has 3 heterocycles. The van der Waals surface area contributed by atoms with Gasteiger partial charge in [0.05, 0.1) is 5.52 Å². The highest BCUT2D eigenvalue weighted by Gasteiger charge is 2.41. The minimum absolute atomic E-state index is 0.188. The monoisotopic (exact) mass is 328 g/mol. The van der Waals surface area contributed by atoms with Crippen molar-refractivity contribution in [2.45, 2.75) is 32.2 Å². The first-order chi connectivity index (χ1) is 12.1. The summed E-state index contributed by atoms with van der Waals surface area (Å²) in [7, 11) is 2.25. The van der Waals surface area contributed by atoms with Crippen LogP contribution in [0.5, 0.6) is 0 Å². The second-order valence-electron chi connectivity index (χ2n) is 8.08. The number of fused-ring (bicyclic) bond motifs is 3. The van der Waals surface area contributed by atoms with Gasteiger partial charge in [0.25, 0.3) is 0 Å². The van der Waals surface area contributed by atoms with Gasteiger partial charge in [-0.3, -0.25) is 0 Å². The number of allylic oxidation sites excluding steroid dienone is 1. The molecule has 0 amide bonds. The van der Waals surface area contributed by atoms with Gasteiger partial charge in [-0.25, -0.2) is 0 Å². The molecule has 0 saturated heterocycles. The van der Waals surface area contributed by atoms with Crippen LogP contribution in [0.2, 0.25) is 0 Å². The molecular weight excluding hydrogens is 304 g/mol. The van der Waals surface area contributed by atoms with Crippen LogP contribution >= 0.6 is 0 Å². The molecule has 2 aliphatic heterocycles. The fourth-order valence-electron chi connectivity index (χ4n) is 4.94. The van der Waals surface area contributed by atoms with Gasteiger partial charge >= 0.3 is 0 Å². The van der Waals surface area contributed by atoms with Crippen LogP contribution in [-0.4, -0.2) is 23.1 Å². The van der Waals surface area contributed by atoms with E-state index in [1.54, 1.807) is 0 Å². The molecule has 0 N–H and O–H groups in total. The normalized spacial score (nSPS) is 22.8. The molecule has 25 heavy (non-hydrogen) atoms. The average Bonchev–Trinajstić information content (AvgIpc) is 2.91. The molecule has 0 bridgehead atoms. The van der Waals surface area contributed by atoms with E-state index in [0.717, 1.165) is 19.5 Å². The second-order valence-corrected chi connectivity index (χ2v) is 8.08. The molecule has 2 heteroatoms. The Morgan fingerprint density at radius 2 is 1.84 bits per heavy atom. The Kier molecular flexibility index (Phi) is 3.05. The number of benzene rings is 2. The van der Waals surface area contributed by atoms with E-state index in [2.05, 4.69) is 85.0 Å². The molecule has 2 nitrogen and oxygen atoms in total. The predicted octanol–water partition coefficient (Wildman–Crippen LogP) is 4.95. The molecule has 0 unspecified atom stereocenters. The number of aromatic nitrogens is 1. The number of hydrogen-bond donors (Lipinski definition) is 0. The van der Waals surface area contributed by atoms with Gasteiger partial charge in [0, 0.05) is 35.3 Å². The van der Waals surface area contributed by atoms with Crippen molar-refractivity contribution in [1.82, 2.24) is 9.47 Å². The van der Waals surface area contributed by atoms with Gasteiger partial charge in [0.1, 0.15) is 0 Å². The summed E-state index contributed by atoms with van der Waals surface area (Å²) in [4.78, 5) is 2.48. The molecule has 3 aromatic rings. The van der Waals surface area contributed by atoms with E-state index in [9.17, 15) is 0 Å². The Hall–Kier alpha value is -2.32. The molecule has 0 fully saturated rings. The summed E-state index contributed by atoms with van der Waals surface area (Å²) in [5.41, 5.74) is 8.59. The minimum atomic E-state index is 0.188. The molecule has 0 radical (unpaired) electrons. The van der Waals surface area contributed by atoms with Crippen LogP contribution in [0.15, 0.2) is 54.6 Å². The van der Waals surface area contributed by atoms with Crippen LogP contribution in [0.25, 0.3) is 16.6 Å². The smallest absolute Gasteiger partial charge is 0.0535 e. The zero-order chi connectivity index (χ0) is 17.2. The first kappa shape index (κ1) is 15.0. The van der Waals surface area contributed by atoms with Gasteiger partial charge in [0.2, 0.25) is 0 Å². The van der Waals surface area contributed by atoms with Gasteiger partial charge in [-0.05, 0) is 43.7 Å². The van der Waals surface area contributed by atoms with Crippen molar-refractivity contribution < 1.29 is 0 Å². The largest absolute Gasteiger partial charge is 0.312 e. The van der Waals surface area contributed by atoms with Gasteiger partial charge in [0.15, 0.2) is 0 Å². The number of likely N-dealkylation sites (N-methyl/N-ethyl adjacent to an activating group) is 1. The first-order valence-electron chi connectivity index (χ1n) is 9.16. The van der Waals surface area contributed by atoms with Crippen molar-refractivity contribution in [1.29, 1.82) is 0 Å². The zero-order valence-corrected chi connectivity index (χ0v) is 15.2. The summed E-state index contributed by atoms with van der Waals surface area (Å²) in [5.74, 6) is 0. The van der Waals surface area contributed by atoms with Gasteiger partial charge in [-0.15, -0.1) is 0 Å². The minimum Gasteiger partial charge on any atom is -0.312 e. The molecule has 126 valence electrons. The standard InChI is InChI=1S/C23H24N2/c1-16-9-10-21-18(13-16)19-14-24(3)15-23(2)12-11-20(25(21)22(19)23)17-7-5-4-6-8-17/h4-11,13H,12,14-15H2,1-3H3/t23-/m0/s1. The van der Waals surface area contributed by atoms with E-state index in [-0.39, 0.29) is 5.41 Å². The summed E-state index contributed by atoms with van der Waals surface area (Å²) < 4.78 is 2.55. The van der Waals surface area contributed by atoms with Gasteiger partial charge in [-0.2, -0.15) is 0 Å². The van der Waals surface area contributed by atoms with Crippen LogP contribution in [0.4, 0.5) is 0 Å². The van der Waals surface area contributed by atoms with Crippen LogP contribution in [0.1, 0.15) is 35.7 Å². The molecule has 1 aromatic heterocycles. The Morgan fingerprint density at radius 1 is 1.04 bits per heavy atom. The third-order valence-electron chi connectivity index (χ3n) is 5.90. The van der Waals surface area contributed by atoms with Crippen LogP contribution < -0.4 is 0 Å². The molecule has 1 atom stereocenters. The quantitative estimate of drug-likeness (QED) is 0.614. The highest BCUT2D eigenvalue weighted by molar-refractivity contribution is 5.92. The molecule has 2 aromatic carbocycles. The lowest BCUT2D eigenvalue weighted by atomic mass is 9.76. The van der Waals surface area contributed by atoms with Crippen molar-refractivity contribution in [2.24, 2.45) is 0 Å². The lowest BCUT2D eigenvalue weighted by Crippen LogP contribution is -2.44. The SMILES string of the molecule is Cc1ccc2c(c1)c1c3n2C(c2ccccc2)=CC[C@@]3(C)CN(C)C1. The zero-order valence-electron chi connectivity index (χ0n) is 15.2. The summed E-state index contributed by atoms with van der Waals surface area (Å²) in [6, 6.07) is 17.8. The molecule has 5 rings (SSSR count). The van der Waals surface area contributed by atoms with Crippen LogP contribution in [-0.2, 0) is 12.0 Å². The summed E-state index contributed by atoms with van der Waals surface area (Å²) in [6.45, 7) is 6.79. The van der Waals surface area contributed by atoms with E-state index in [1.165, 1.54) is 39.0 Å². The van der Waals surface area contributed by atoms with E-state index < -0.39 is 0 Å². The van der Waals surface area contributed by atoms with Crippen molar-refractivity contribution in [2.75, 3.05) is 13.6 Å². The summed E-state index contributed by atoms with van der Waals surface area (Å²) in [5, 5.41) is 1.43. The summed E-state index contributed by atoms with van der Waals surface area (Å²) >= 11 is 0. The molecule has 2 aliphatic rings. The second kappa shape index (κ2) is 5.09. The highest BCUT2D eigenvalue weighted by atomic mass is 15.1. The Morgan fingerprint density at radius 3 is 2.64 bits per heavy atom. The molecule has 0 aliphatic carbocycles. The van der Waals surface area contributed by atoms with Gasteiger partial charge < -0.3 is 9.47 Å². The maximum atomic E-state index is 2.55. The number of rotatable bonds is 1.